The first kappa shape index (κ1) is 14.8. The lowest BCUT2D eigenvalue weighted by atomic mass is 9.97. The molecule has 0 fully saturated rings. The fourth-order valence-corrected chi connectivity index (χ4v) is 3.08. The number of fused-ring (bicyclic) bond motifs is 1. The molecule has 0 unspecified atom stereocenters. The summed E-state index contributed by atoms with van der Waals surface area (Å²) in [6, 6.07) is 8.20. The van der Waals surface area contributed by atoms with Crippen LogP contribution in [0.2, 0.25) is 0 Å². The zero-order valence-corrected chi connectivity index (χ0v) is 13.3. The van der Waals surface area contributed by atoms with Gasteiger partial charge in [0.2, 0.25) is 5.91 Å². The van der Waals surface area contributed by atoms with Crippen molar-refractivity contribution < 1.29 is 4.79 Å². The van der Waals surface area contributed by atoms with Crippen LogP contribution in [0.15, 0.2) is 36.7 Å². The average molecular weight is 297 g/mol. The molecule has 0 bridgehead atoms. The second kappa shape index (κ2) is 6.34. The Morgan fingerprint density at radius 2 is 2.14 bits per heavy atom. The number of aromatic nitrogens is 2. The van der Waals surface area contributed by atoms with E-state index >= 15 is 0 Å². The number of nitrogens with zero attached hydrogens (tertiary/aromatic N) is 3. The summed E-state index contributed by atoms with van der Waals surface area (Å²) < 4.78 is 2.21. The summed E-state index contributed by atoms with van der Waals surface area (Å²) in [5.41, 5.74) is 2.31. The van der Waals surface area contributed by atoms with Gasteiger partial charge in [0.15, 0.2) is 0 Å². The molecule has 4 nitrogen and oxygen atoms in total. The Labute approximate surface area is 131 Å². The fourth-order valence-electron chi connectivity index (χ4n) is 3.08. The van der Waals surface area contributed by atoms with Crippen LogP contribution < -0.4 is 0 Å². The van der Waals surface area contributed by atoms with Crippen LogP contribution in [0, 0.1) is 12.8 Å². The molecule has 1 aromatic carbocycles. The maximum atomic E-state index is 12.4. The number of aryl methyl sites for hydroxylation is 2. The summed E-state index contributed by atoms with van der Waals surface area (Å²) in [5, 5.41) is 0. The van der Waals surface area contributed by atoms with Crippen molar-refractivity contribution in [1.82, 2.24) is 14.5 Å². The number of likely N-dealkylation sites (N-methyl/N-ethyl adjacent to an activating group) is 1. The predicted octanol–water partition coefficient (Wildman–Crippen LogP) is 2.46. The molecular formula is C18H23N3O. The first-order chi connectivity index (χ1) is 10.6. The van der Waals surface area contributed by atoms with Crippen molar-refractivity contribution in [1.29, 1.82) is 0 Å². The number of imidazole rings is 1. The summed E-state index contributed by atoms with van der Waals surface area (Å²) >= 11 is 0. The van der Waals surface area contributed by atoms with Crippen LogP contribution in [0.5, 0.6) is 0 Å². The molecule has 1 amide bonds. The van der Waals surface area contributed by atoms with Gasteiger partial charge in [-0.15, -0.1) is 0 Å². The molecule has 3 rings (SSSR count). The van der Waals surface area contributed by atoms with Gasteiger partial charge in [-0.3, -0.25) is 4.79 Å². The van der Waals surface area contributed by atoms with Gasteiger partial charge in [-0.2, -0.15) is 0 Å². The van der Waals surface area contributed by atoms with Crippen LogP contribution >= 0.6 is 0 Å². The third-order valence-corrected chi connectivity index (χ3v) is 4.48. The van der Waals surface area contributed by atoms with Gasteiger partial charge in [0, 0.05) is 39.0 Å². The number of hydrogen-bond donors (Lipinski definition) is 0. The largest absolute Gasteiger partial charge is 0.345 e. The zero-order valence-electron chi connectivity index (χ0n) is 13.3. The highest BCUT2D eigenvalue weighted by Gasteiger charge is 2.22. The summed E-state index contributed by atoms with van der Waals surface area (Å²) in [5.74, 6) is 1.86. The van der Waals surface area contributed by atoms with Gasteiger partial charge in [-0.05, 0) is 24.8 Å². The topological polar surface area (TPSA) is 38.1 Å². The number of carbonyl (C=O) groups is 1. The lowest BCUT2D eigenvalue weighted by molar-refractivity contribution is -0.129. The smallest absolute Gasteiger partial charge is 0.226 e. The molecule has 2 heterocycles. The van der Waals surface area contributed by atoms with Crippen LogP contribution in [-0.2, 0) is 24.2 Å². The van der Waals surface area contributed by atoms with Gasteiger partial charge in [0.25, 0.3) is 0 Å². The second-order valence-electron chi connectivity index (χ2n) is 6.33. The van der Waals surface area contributed by atoms with Gasteiger partial charge in [0.05, 0.1) is 6.42 Å². The van der Waals surface area contributed by atoms with Crippen molar-refractivity contribution in [2.24, 2.45) is 5.92 Å². The molecule has 0 aliphatic carbocycles. The fraction of sp³-hybridized carbons (Fsp3) is 0.444. The number of hydrogen-bond acceptors (Lipinski definition) is 2. The Morgan fingerprint density at radius 1 is 1.36 bits per heavy atom. The molecular weight excluding hydrogens is 274 g/mol. The van der Waals surface area contributed by atoms with Crippen molar-refractivity contribution in [3.8, 4) is 0 Å². The van der Waals surface area contributed by atoms with Crippen LogP contribution in [0.4, 0.5) is 0 Å². The van der Waals surface area contributed by atoms with Crippen molar-refractivity contribution in [2.45, 2.75) is 32.7 Å². The minimum Gasteiger partial charge on any atom is -0.345 e. The Hall–Kier alpha value is -2.10. The third kappa shape index (κ3) is 3.38. The first-order valence-corrected chi connectivity index (χ1v) is 7.91. The van der Waals surface area contributed by atoms with Gasteiger partial charge in [0.1, 0.15) is 5.82 Å². The molecule has 1 aliphatic heterocycles. The lowest BCUT2D eigenvalue weighted by Gasteiger charge is -2.28. The van der Waals surface area contributed by atoms with E-state index in [1.54, 1.807) is 0 Å². The van der Waals surface area contributed by atoms with Crippen LogP contribution in [0.1, 0.15) is 23.4 Å². The molecule has 0 N–H and O–H groups in total. The molecule has 2 aromatic rings. The minimum atomic E-state index is 0.192. The number of benzene rings is 1. The Bertz CT molecular complexity index is 645. The molecule has 1 atom stereocenters. The molecule has 116 valence electrons. The SMILES string of the molecule is Cc1ccc(CC(=O)N(C)C[C@@H]2CCn3ccnc3C2)cc1. The quantitative estimate of drug-likeness (QED) is 0.869. The van der Waals surface area contributed by atoms with Crippen LogP contribution in [0.25, 0.3) is 0 Å². The summed E-state index contributed by atoms with van der Waals surface area (Å²) in [4.78, 5) is 18.6. The molecule has 0 saturated carbocycles. The molecule has 0 radical (unpaired) electrons. The normalized spacial score (nSPS) is 17.1. The Morgan fingerprint density at radius 3 is 2.91 bits per heavy atom. The standard InChI is InChI=1S/C18H23N3O/c1-14-3-5-15(6-4-14)12-18(22)20(2)13-16-7-9-21-10-8-19-17(21)11-16/h3-6,8,10,16H,7,9,11-13H2,1-2H3/t16-/m1/s1. The molecule has 1 aromatic heterocycles. The number of rotatable bonds is 4. The third-order valence-electron chi connectivity index (χ3n) is 4.48. The first-order valence-electron chi connectivity index (χ1n) is 7.91. The Balaban J connectivity index is 1.54. The maximum Gasteiger partial charge on any atom is 0.226 e. The van der Waals surface area contributed by atoms with E-state index in [2.05, 4.69) is 28.6 Å². The molecule has 1 aliphatic rings. The van der Waals surface area contributed by atoms with Crippen molar-refractivity contribution in [3.05, 3.63) is 53.6 Å². The van der Waals surface area contributed by atoms with E-state index in [1.807, 2.05) is 36.5 Å². The molecule has 22 heavy (non-hydrogen) atoms. The molecule has 4 heteroatoms. The van der Waals surface area contributed by atoms with E-state index in [9.17, 15) is 4.79 Å². The molecule has 0 spiro atoms. The maximum absolute atomic E-state index is 12.4. The van der Waals surface area contributed by atoms with E-state index in [4.69, 9.17) is 0 Å². The minimum absolute atomic E-state index is 0.192. The highest BCUT2D eigenvalue weighted by molar-refractivity contribution is 5.78. The van der Waals surface area contributed by atoms with Crippen molar-refractivity contribution in [3.63, 3.8) is 0 Å². The van der Waals surface area contributed by atoms with Crippen LogP contribution in [0.3, 0.4) is 0 Å². The van der Waals surface area contributed by atoms with Gasteiger partial charge in [-0.25, -0.2) is 4.98 Å². The summed E-state index contributed by atoms with van der Waals surface area (Å²) in [7, 11) is 1.91. The van der Waals surface area contributed by atoms with E-state index in [-0.39, 0.29) is 5.91 Å². The highest BCUT2D eigenvalue weighted by atomic mass is 16.2. The number of amides is 1. The van der Waals surface area contributed by atoms with E-state index < -0.39 is 0 Å². The zero-order chi connectivity index (χ0) is 15.5. The summed E-state index contributed by atoms with van der Waals surface area (Å²) in [6.07, 6.45) is 6.47. The second-order valence-corrected chi connectivity index (χ2v) is 6.33. The van der Waals surface area contributed by atoms with Crippen molar-refractivity contribution in [2.75, 3.05) is 13.6 Å². The van der Waals surface area contributed by atoms with Gasteiger partial charge in [-0.1, -0.05) is 29.8 Å². The van der Waals surface area contributed by atoms with Gasteiger partial charge < -0.3 is 9.47 Å². The van der Waals surface area contributed by atoms with E-state index in [1.165, 1.54) is 5.56 Å². The average Bonchev–Trinajstić information content (AvgIpc) is 2.97. The Kier molecular flexibility index (Phi) is 4.27. The van der Waals surface area contributed by atoms with Gasteiger partial charge >= 0.3 is 0 Å². The van der Waals surface area contributed by atoms with E-state index in [0.717, 1.165) is 37.3 Å². The summed E-state index contributed by atoms with van der Waals surface area (Å²) in [6.45, 7) is 3.89. The van der Waals surface area contributed by atoms with E-state index in [0.29, 0.717) is 12.3 Å². The van der Waals surface area contributed by atoms with Crippen molar-refractivity contribution >= 4 is 5.91 Å². The molecule has 0 saturated heterocycles. The lowest BCUT2D eigenvalue weighted by Crippen LogP contribution is -2.35. The predicted molar refractivity (Wildman–Crippen MR) is 86.6 cm³/mol. The monoisotopic (exact) mass is 297 g/mol. The number of carbonyl (C=O) groups excluding carboxylic acids is 1. The van der Waals surface area contributed by atoms with Crippen LogP contribution in [-0.4, -0.2) is 34.0 Å². The highest BCUT2D eigenvalue weighted by Crippen LogP contribution is 2.20.